The molecule has 0 atom stereocenters. The summed E-state index contributed by atoms with van der Waals surface area (Å²) in [7, 11) is 0. The number of halogens is 1. The van der Waals surface area contributed by atoms with Crippen molar-refractivity contribution in [2.75, 3.05) is 16.8 Å². The van der Waals surface area contributed by atoms with E-state index in [1.807, 2.05) is 36.9 Å². The lowest BCUT2D eigenvalue weighted by molar-refractivity contribution is -0.117. The molecule has 18 heavy (non-hydrogen) atoms. The van der Waals surface area contributed by atoms with Crippen molar-refractivity contribution in [1.82, 2.24) is 0 Å². The first-order valence-corrected chi connectivity index (χ1v) is 8.24. The summed E-state index contributed by atoms with van der Waals surface area (Å²) < 4.78 is 1.04. The van der Waals surface area contributed by atoms with Gasteiger partial charge in [0, 0.05) is 16.6 Å². The number of carbonyl (C=O) groups excluding carboxylic acids is 1. The standard InChI is InChI=1S/C14H18BrNOS/c1-10-12(15)3-2-4-13(10)16-14(17)9-11-5-7-18-8-6-11/h2-4,11H,5-9H2,1H3,(H,16,17). The van der Waals surface area contributed by atoms with Crippen LogP contribution in [0.4, 0.5) is 5.69 Å². The molecule has 1 saturated heterocycles. The summed E-state index contributed by atoms with van der Waals surface area (Å²) in [5.41, 5.74) is 2.00. The summed E-state index contributed by atoms with van der Waals surface area (Å²) in [4.78, 5) is 12.0. The van der Waals surface area contributed by atoms with Gasteiger partial charge in [0.15, 0.2) is 0 Å². The van der Waals surface area contributed by atoms with Gasteiger partial charge in [0.25, 0.3) is 0 Å². The van der Waals surface area contributed by atoms with Crippen molar-refractivity contribution in [3.05, 3.63) is 28.2 Å². The average molecular weight is 328 g/mol. The molecule has 1 heterocycles. The molecule has 0 aromatic heterocycles. The Kier molecular flexibility index (Phi) is 5.13. The lowest BCUT2D eigenvalue weighted by Gasteiger charge is -2.20. The van der Waals surface area contributed by atoms with Crippen molar-refractivity contribution in [3.8, 4) is 0 Å². The first-order chi connectivity index (χ1) is 8.66. The lowest BCUT2D eigenvalue weighted by atomic mass is 9.98. The van der Waals surface area contributed by atoms with Gasteiger partial charge in [-0.3, -0.25) is 4.79 Å². The highest BCUT2D eigenvalue weighted by Crippen LogP contribution is 2.27. The highest BCUT2D eigenvalue weighted by atomic mass is 79.9. The van der Waals surface area contributed by atoms with Gasteiger partial charge in [-0.1, -0.05) is 22.0 Å². The minimum atomic E-state index is 0.146. The number of benzene rings is 1. The molecule has 1 aliphatic rings. The zero-order valence-corrected chi connectivity index (χ0v) is 12.9. The van der Waals surface area contributed by atoms with E-state index >= 15 is 0 Å². The van der Waals surface area contributed by atoms with Crippen LogP contribution in [0.1, 0.15) is 24.8 Å². The summed E-state index contributed by atoms with van der Waals surface area (Å²) in [6.07, 6.45) is 3.01. The molecule has 2 rings (SSSR count). The van der Waals surface area contributed by atoms with Crippen LogP contribution >= 0.6 is 27.7 Å². The minimum absolute atomic E-state index is 0.146. The van der Waals surface area contributed by atoms with Gasteiger partial charge in [0.1, 0.15) is 0 Å². The third-order valence-electron chi connectivity index (χ3n) is 3.36. The first-order valence-electron chi connectivity index (χ1n) is 6.29. The molecule has 1 aliphatic heterocycles. The van der Waals surface area contributed by atoms with Crippen LogP contribution in [-0.4, -0.2) is 17.4 Å². The summed E-state index contributed by atoms with van der Waals surface area (Å²) >= 11 is 5.48. The number of hydrogen-bond acceptors (Lipinski definition) is 2. The first kappa shape index (κ1) is 13.9. The highest BCUT2D eigenvalue weighted by Gasteiger charge is 2.17. The topological polar surface area (TPSA) is 29.1 Å². The van der Waals surface area contributed by atoms with E-state index in [0.29, 0.717) is 12.3 Å². The van der Waals surface area contributed by atoms with Gasteiger partial charge in [-0.25, -0.2) is 0 Å². The Balaban J connectivity index is 1.92. The number of thioether (sulfide) groups is 1. The van der Waals surface area contributed by atoms with Crippen LogP contribution in [0.15, 0.2) is 22.7 Å². The molecule has 1 fully saturated rings. The Hall–Kier alpha value is -0.480. The molecule has 1 aromatic carbocycles. The zero-order valence-electron chi connectivity index (χ0n) is 10.5. The molecule has 0 bridgehead atoms. The third kappa shape index (κ3) is 3.75. The van der Waals surface area contributed by atoms with Gasteiger partial charge in [0.2, 0.25) is 5.91 Å². The Labute approximate surface area is 121 Å². The van der Waals surface area contributed by atoms with E-state index < -0.39 is 0 Å². The fraction of sp³-hybridized carbons (Fsp3) is 0.500. The third-order valence-corrected chi connectivity index (χ3v) is 5.26. The van der Waals surface area contributed by atoms with Crippen LogP contribution < -0.4 is 5.32 Å². The number of hydrogen-bond donors (Lipinski definition) is 1. The largest absolute Gasteiger partial charge is 0.326 e. The molecule has 1 N–H and O–H groups in total. The Morgan fingerprint density at radius 1 is 1.44 bits per heavy atom. The molecule has 2 nitrogen and oxygen atoms in total. The van der Waals surface area contributed by atoms with Gasteiger partial charge in [0.05, 0.1) is 0 Å². The number of amides is 1. The monoisotopic (exact) mass is 327 g/mol. The maximum atomic E-state index is 12.0. The smallest absolute Gasteiger partial charge is 0.224 e. The van der Waals surface area contributed by atoms with Crippen molar-refractivity contribution in [2.45, 2.75) is 26.2 Å². The lowest BCUT2D eigenvalue weighted by Crippen LogP contribution is -2.20. The van der Waals surface area contributed by atoms with Crippen LogP contribution in [0.3, 0.4) is 0 Å². The molecule has 98 valence electrons. The van der Waals surface area contributed by atoms with E-state index in [2.05, 4.69) is 21.2 Å². The normalized spacial score (nSPS) is 16.6. The molecular formula is C14H18BrNOS. The van der Waals surface area contributed by atoms with Crippen molar-refractivity contribution >= 4 is 39.3 Å². The fourth-order valence-corrected chi connectivity index (χ4v) is 3.73. The van der Waals surface area contributed by atoms with Crippen LogP contribution in [0.5, 0.6) is 0 Å². The van der Waals surface area contributed by atoms with E-state index in [-0.39, 0.29) is 5.91 Å². The average Bonchev–Trinajstić information content (AvgIpc) is 2.36. The van der Waals surface area contributed by atoms with Crippen molar-refractivity contribution in [1.29, 1.82) is 0 Å². The van der Waals surface area contributed by atoms with E-state index in [1.165, 1.54) is 24.3 Å². The number of nitrogens with one attached hydrogen (secondary N) is 1. The van der Waals surface area contributed by atoms with Gasteiger partial charge in [-0.15, -0.1) is 0 Å². The molecule has 4 heteroatoms. The second-order valence-corrected chi connectivity index (χ2v) is 6.80. The molecule has 0 spiro atoms. The van der Waals surface area contributed by atoms with Crippen LogP contribution in [0.2, 0.25) is 0 Å². The van der Waals surface area contributed by atoms with Crippen LogP contribution in [-0.2, 0) is 4.79 Å². The molecular weight excluding hydrogens is 310 g/mol. The van der Waals surface area contributed by atoms with Crippen molar-refractivity contribution in [3.63, 3.8) is 0 Å². The number of rotatable bonds is 3. The van der Waals surface area contributed by atoms with E-state index in [1.54, 1.807) is 0 Å². The Bertz CT molecular complexity index is 430. The maximum absolute atomic E-state index is 12.0. The maximum Gasteiger partial charge on any atom is 0.224 e. The molecule has 1 amide bonds. The summed E-state index contributed by atoms with van der Waals surface area (Å²) in [6, 6.07) is 5.89. The van der Waals surface area contributed by atoms with E-state index in [4.69, 9.17) is 0 Å². The zero-order chi connectivity index (χ0) is 13.0. The Morgan fingerprint density at radius 3 is 2.89 bits per heavy atom. The molecule has 0 saturated carbocycles. The summed E-state index contributed by atoms with van der Waals surface area (Å²) in [5, 5.41) is 3.02. The second kappa shape index (κ2) is 6.62. The number of carbonyl (C=O) groups is 1. The predicted octanol–water partition coefficient (Wildman–Crippen LogP) is 4.23. The predicted molar refractivity (Wildman–Crippen MR) is 82.2 cm³/mol. The van der Waals surface area contributed by atoms with Crippen LogP contribution in [0.25, 0.3) is 0 Å². The SMILES string of the molecule is Cc1c(Br)cccc1NC(=O)CC1CCSCC1. The molecule has 0 radical (unpaired) electrons. The molecule has 0 aliphatic carbocycles. The second-order valence-electron chi connectivity index (χ2n) is 4.72. The van der Waals surface area contributed by atoms with E-state index in [0.717, 1.165) is 15.7 Å². The quantitative estimate of drug-likeness (QED) is 0.900. The molecule has 1 aromatic rings. The molecule has 0 unspecified atom stereocenters. The summed E-state index contributed by atoms with van der Waals surface area (Å²) in [6.45, 7) is 2.01. The summed E-state index contributed by atoms with van der Waals surface area (Å²) in [5.74, 6) is 3.12. The van der Waals surface area contributed by atoms with Gasteiger partial charge in [-0.2, -0.15) is 11.8 Å². The highest BCUT2D eigenvalue weighted by molar-refractivity contribution is 9.10. The van der Waals surface area contributed by atoms with Crippen molar-refractivity contribution in [2.24, 2.45) is 5.92 Å². The van der Waals surface area contributed by atoms with Crippen LogP contribution in [0, 0.1) is 12.8 Å². The Morgan fingerprint density at radius 2 is 2.17 bits per heavy atom. The van der Waals surface area contributed by atoms with E-state index in [9.17, 15) is 4.79 Å². The van der Waals surface area contributed by atoms with Gasteiger partial charge < -0.3 is 5.32 Å². The fourth-order valence-electron chi connectivity index (χ4n) is 2.16. The van der Waals surface area contributed by atoms with Gasteiger partial charge in [-0.05, 0) is 54.9 Å². The minimum Gasteiger partial charge on any atom is -0.326 e. The van der Waals surface area contributed by atoms with Crippen molar-refractivity contribution < 1.29 is 4.79 Å². The number of anilines is 1. The van der Waals surface area contributed by atoms with Gasteiger partial charge >= 0.3 is 0 Å².